The molecule has 2 unspecified atom stereocenters. The summed E-state index contributed by atoms with van der Waals surface area (Å²) in [4.78, 5) is 0. The summed E-state index contributed by atoms with van der Waals surface area (Å²) >= 11 is 0. The van der Waals surface area contributed by atoms with E-state index in [1.54, 1.807) is 0 Å². The molecule has 80 valence electrons. The van der Waals surface area contributed by atoms with Crippen LogP contribution < -0.4 is 5.32 Å². The van der Waals surface area contributed by atoms with Crippen molar-refractivity contribution in [3.63, 3.8) is 0 Å². The Morgan fingerprint density at radius 3 is 2.71 bits per heavy atom. The van der Waals surface area contributed by atoms with E-state index in [0.717, 1.165) is 12.5 Å². The molecule has 0 amide bonds. The number of nitrogens with zero attached hydrogens (tertiary/aromatic N) is 2. The number of hydrogen-bond acceptors (Lipinski definition) is 2. The summed E-state index contributed by atoms with van der Waals surface area (Å²) in [7, 11) is 1.98. The van der Waals surface area contributed by atoms with Crippen molar-refractivity contribution in [3.05, 3.63) is 18.0 Å². The van der Waals surface area contributed by atoms with E-state index >= 15 is 0 Å². The molecule has 1 heterocycles. The summed E-state index contributed by atoms with van der Waals surface area (Å²) in [5.74, 6) is 0.741. The van der Waals surface area contributed by atoms with Crippen molar-refractivity contribution in [2.75, 3.05) is 6.54 Å². The van der Waals surface area contributed by atoms with Crippen LogP contribution in [0.1, 0.15) is 38.9 Å². The zero-order valence-corrected chi connectivity index (χ0v) is 9.62. The van der Waals surface area contributed by atoms with E-state index in [0.29, 0.717) is 6.04 Å². The van der Waals surface area contributed by atoms with Gasteiger partial charge < -0.3 is 5.32 Å². The van der Waals surface area contributed by atoms with Gasteiger partial charge in [-0.25, -0.2) is 0 Å². The van der Waals surface area contributed by atoms with Crippen molar-refractivity contribution in [1.82, 2.24) is 15.1 Å². The number of hydrogen-bond donors (Lipinski definition) is 1. The maximum absolute atomic E-state index is 4.16. The predicted octanol–water partition coefficient (Wildman–Crippen LogP) is 2.12. The van der Waals surface area contributed by atoms with Crippen molar-refractivity contribution < 1.29 is 0 Å². The van der Waals surface area contributed by atoms with Crippen LogP contribution in [0, 0.1) is 5.92 Å². The molecule has 1 aromatic heterocycles. The molecule has 14 heavy (non-hydrogen) atoms. The minimum Gasteiger partial charge on any atom is -0.309 e. The van der Waals surface area contributed by atoms with E-state index in [2.05, 4.69) is 37.3 Å². The number of rotatable bonds is 5. The molecule has 0 aliphatic carbocycles. The van der Waals surface area contributed by atoms with Crippen LogP contribution in [0.4, 0.5) is 0 Å². The Labute approximate surface area is 86.5 Å². The zero-order chi connectivity index (χ0) is 10.6. The first-order chi connectivity index (χ1) is 6.65. The summed E-state index contributed by atoms with van der Waals surface area (Å²) in [5, 5.41) is 7.68. The van der Waals surface area contributed by atoms with Crippen LogP contribution >= 0.6 is 0 Å². The van der Waals surface area contributed by atoms with Crippen LogP contribution in [-0.4, -0.2) is 16.3 Å². The number of aromatic nitrogens is 2. The lowest BCUT2D eigenvalue weighted by atomic mass is 10.1. The van der Waals surface area contributed by atoms with Crippen molar-refractivity contribution in [2.24, 2.45) is 13.0 Å². The van der Waals surface area contributed by atoms with Crippen LogP contribution in [0.2, 0.25) is 0 Å². The average Bonchev–Trinajstić information content (AvgIpc) is 2.60. The summed E-state index contributed by atoms with van der Waals surface area (Å²) in [6.07, 6.45) is 3.07. The van der Waals surface area contributed by atoms with Gasteiger partial charge in [0.25, 0.3) is 0 Å². The first-order valence-electron chi connectivity index (χ1n) is 5.36. The quantitative estimate of drug-likeness (QED) is 0.780. The lowest BCUT2D eigenvalue weighted by Crippen LogP contribution is -2.25. The van der Waals surface area contributed by atoms with Crippen LogP contribution in [0.5, 0.6) is 0 Å². The van der Waals surface area contributed by atoms with Crippen molar-refractivity contribution in [1.29, 1.82) is 0 Å². The van der Waals surface area contributed by atoms with Gasteiger partial charge in [0.15, 0.2) is 0 Å². The average molecular weight is 195 g/mol. The van der Waals surface area contributed by atoms with Gasteiger partial charge in [-0.05, 0) is 25.5 Å². The van der Waals surface area contributed by atoms with E-state index in [4.69, 9.17) is 0 Å². The molecule has 0 aliphatic rings. The molecule has 1 aromatic rings. The summed E-state index contributed by atoms with van der Waals surface area (Å²) in [6, 6.07) is 2.45. The molecule has 0 aromatic carbocycles. The van der Waals surface area contributed by atoms with Crippen LogP contribution in [0.25, 0.3) is 0 Å². The molecule has 3 nitrogen and oxygen atoms in total. The van der Waals surface area contributed by atoms with E-state index in [1.807, 2.05) is 17.9 Å². The second kappa shape index (κ2) is 5.15. The Hall–Kier alpha value is -0.830. The number of aryl methyl sites for hydroxylation is 1. The van der Waals surface area contributed by atoms with E-state index in [1.165, 1.54) is 12.1 Å². The zero-order valence-electron chi connectivity index (χ0n) is 9.62. The van der Waals surface area contributed by atoms with Gasteiger partial charge in [-0.3, -0.25) is 4.68 Å². The lowest BCUT2D eigenvalue weighted by molar-refractivity contribution is 0.447. The van der Waals surface area contributed by atoms with Crippen molar-refractivity contribution >= 4 is 0 Å². The third-order valence-electron chi connectivity index (χ3n) is 2.77. The van der Waals surface area contributed by atoms with Crippen molar-refractivity contribution in [3.8, 4) is 0 Å². The normalized spacial score (nSPS) is 15.4. The molecule has 2 atom stereocenters. The number of nitrogens with one attached hydrogen (secondary N) is 1. The fourth-order valence-corrected chi connectivity index (χ4v) is 1.44. The van der Waals surface area contributed by atoms with E-state index in [-0.39, 0.29) is 0 Å². The molecular weight excluding hydrogens is 174 g/mol. The van der Waals surface area contributed by atoms with Crippen LogP contribution in [-0.2, 0) is 7.05 Å². The molecule has 0 spiro atoms. The maximum atomic E-state index is 4.16. The largest absolute Gasteiger partial charge is 0.309 e. The monoisotopic (exact) mass is 195 g/mol. The summed E-state index contributed by atoms with van der Waals surface area (Å²) < 4.78 is 1.92. The molecular formula is C11H21N3. The molecule has 0 radical (unpaired) electrons. The summed E-state index contributed by atoms with van der Waals surface area (Å²) in [5.41, 5.74) is 1.24. The molecule has 0 saturated carbocycles. The van der Waals surface area contributed by atoms with E-state index < -0.39 is 0 Å². The van der Waals surface area contributed by atoms with Crippen LogP contribution in [0.3, 0.4) is 0 Å². The highest BCUT2D eigenvalue weighted by atomic mass is 15.3. The Kier molecular flexibility index (Phi) is 4.14. The molecule has 1 rings (SSSR count). The molecule has 1 N–H and O–H groups in total. The van der Waals surface area contributed by atoms with Gasteiger partial charge in [-0.2, -0.15) is 5.10 Å². The smallest absolute Gasteiger partial charge is 0.0547 e. The fraction of sp³-hybridized carbons (Fsp3) is 0.727. The third kappa shape index (κ3) is 2.84. The molecule has 0 aliphatic heterocycles. The van der Waals surface area contributed by atoms with Gasteiger partial charge in [0, 0.05) is 19.3 Å². The highest BCUT2D eigenvalue weighted by Crippen LogP contribution is 2.11. The standard InChI is InChI=1S/C11H21N3/c1-5-9(2)8-12-10(3)11-6-7-13-14(11)4/h6-7,9-10,12H,5,8H2,1-4H3. The molecule has 0 fully saturated rings. The SMILES string of the molecule is CCC(C)CNC(C)c1ccnn1C. The van der Waals surface area contributed by atoms with Crippen LogP contribution in [0.15, 0.2) is 12.3 Å². The minimum absolute atomic E-state index is 0.386. The predicted molar refractivity (Wildman–Crippen MR) is 59.1 cm³/mol. The van der Waals surface area contributed by atoms with E-state index in [9.17, 15) is 0 Å². The Morgan fingerprint density at radius 2 is 2.21 bits per heavy atom. The summed E-state index contributed by atoms with van der Waals surface area (Å²) in [6.45, 7) is 7.74. The second-order valence-corrected chi connectivity index (χ2v) is 4.02. The molecule has 0 bridgehead atoms. The Balaban J connectivity index is 2.43. The highest BCUT2D eigenvalue weighted by molar-refractivity contribution is 5.05. The first-order valence-corrected chi connectivity index (χ1v) is 5.36. The van der Waals surface area contributed by atoms with Gasteiger partial charge >= 0.3 is 0 Å². The van der Waals surface area contributed by atoms with Gasteiger partial charge in [0.1, 0.15) is 0 Å². The topological polar surface area (TPSA) is 29.9 Å². The first kappa shape index (κ1) is 11.2. The van der Waals surface area contributed by atoms with Gasteiger partial charge in [-0.1, -0.05) is 20.3 Å². The molecule has 0 saturated heterocycles. The van der Waals surface area contributed by atoms with Gasteiger partial charge in [0.2, 0.25) is 0 Å². The minimum atomic E-state index is 0.386. The van der Waals surface area contributed by atoms with Crippen molar-refractivity contribution in [2.45, 2.75) is 33.2 Å². The highest BCUT2D eigenvalue weighted by Gasteiger charge is 2.09. The van der Waals surface area contributed by atoms with Gasteiger partial charge in [0.05, 0.1) is 5.69 Å². The second-order valence-electron chi connectivity index (χ2n) is 4.02. The third-order valence-corrected chi connectivity index (χ3v) is 2.77. The van der Waals surface area contributed by atoms with Gasteiger partial charge in [-0.15, -0.1) is 0 Å². The fourth-order valence-electron chi connectivity index (χ4n) is 1.44. The molecule has 3 heteroatoms. The maximum Gasteiger partial charge on any atom is 0.0547 e. The lowest BCUT2D eigenvalue weighted by Gasteiger charge is -2.16. The Morgan fingerprint density at radius 1 is 1.50 bits per heavy atom. The Bertz CT molecular complexity index is 267.